The Balaban J connectivity index is 1.13. The topological polar surface area (TPSA) is 8.17 Å². The largest absolute Gasteiger partial charge is 0.310 e. The van der Waals surface area contributed by atoms with Crippen molar-refractivity contribution < 1.29 is 0 Å². The molecule has 0 N–H and O–H groups in total. The Morgan fingerprint density at radius 2 is 0.967 bits per heavy atom. The van der Waals surface area contributed by atoms with Crippen molar-refractivity contribution in [2.75, 3.05) is 4.90 Å². The third-order valence-electron chi connectivity index (χ3n) is 13.7. The average molecular weight is 769 g/mol. The summed E-state index contributed by atoms with van der Waals surface area (Å²) in [5, 5.41) is 5.05. The van der Waals surface area contributed by atoms with E-state index in [4.69, 9.17) is 0 Å². The van der Waals surface area contributed by atoms with Crippen LogP contribution in [0.15, 0.2) is 194 Å². The molecule has 0 amide bonds. The molecule has 10 aromatic rings. The zero-order valence-electron chi connectivity index (χ0n) is 34.4. The summed E-state index contributed by atoms with van der Waals surface area (Å²) < 4.78 is 2.45. The second kappa shape index (κ2) is 12.7. The Hall–Kier alpha value is -7.16. The van der Waals surface area contributed by atoms with Crippen LogP contribution in [0.1, 0.15) is 49.9 Å². The van der Waals surface area contributed by atoms with Gasteiger partial charge in [-0.2, -0.15) is 0 Å². The summed E-state index contributed by atoms with van der Waals surface area (Å²) >= 11 is 0. The smallest absolute Gasteiger partial charge is 0.0547 e. The van der Waals surface area contributed by atoms with Crippen LogP contribution >= 0.6 is 0 Å². The Kier molecular flexibility index (Phi) is 7.36. The minimum absolute atomic E-state index is 0.0686. The molecule has 0 atom stereocenters. The second-order valence-corrected chi connectivity index (χ2v) is 17.8. The Labute approximate surface area is 351 Å². The molecule has 2 aliphatic rings. The van der Waals surface area contributed by atoms with Crippen molar-refractivity contribution in [3.05, 3.63) is 216 Å². The van der Waals surface area contributed by atoms with Crippen LogP contribution in [-0.2, 0) is 10.8 Å². The summed E-state index contributed by atoms with van der Waals surface area (Å²) in [6.07, 6.45) is 0. The molecule has 1 heterocycles. The van der Waals surface area contributed by atoms with E-state index in [2.05, 4.69) is 231 Å². The van der Waals surface area contributed by atoms with Crippen LogP contribution in [0.3, 0.4) is 0 Å². The second-order valence-electron chi connectivity index (χ2n) is 17.8. The number of nitrogens with zero attached hydrogens (tertiary/aromatic N) is 2. The van der Waals surface area contributed by atoms with Gasteiger partial charge in [-0.25, -0.2) is 0 Å². The van der Waals surface area contributed by atoms with Gasteiger partial charge in [-0.1, -0.05) is 155 Å². The Morgan fingerprint density at radius 1 is 0.367 bits per heavy atom. The van der Waals surface area contributed by atoms with E-state index in [1.54, 1.807) is 0 Å². The minimum atomic E-state index is -0.124. The molecule has 2 nitrogen and oxygen atoms in total. The van der Waals surface area contributed by atoms with Crippen molar-refractivity contribution in [2.24, 2.45) is 0 Å². The summed E-state index contributed by atoms with van der Waals surface area (Å²) in [6.45, 7) is 9.48. The highest BCUT2D eigenvalue weighted by Crippen LogP contribution is 2.53. The highest BCUT2D eigenvalue weighted by atomic mass is 15.1. The van der Waals surface area contributed by atoms with E-state index in [1.165, 1.54) is 88.2 Å². The monoisotopic (exact) mass is 768 g/mol. The van der Waals surface area contributed by atoms with Gasteiger partial charge in [0.2, 0.25) is 0 Å². The molecule has 1 aromatic heterocycles. The lowest BCUT2D eigenvalue weighted by atomic mass is 9.82. The van der Waals surface area contributed by atoms with Crippen molar-refractivity contribution in [2.45, 2.75) is 38.5 Å². The first kappa shape index (κ1) is 34.8. The third kappa shape index (κ3) is 4.94. The van der Waals surface area contributed by atoms with Crippen LogP contribution in [0, 0.1) is 0 Å². The molecule has 0 fully saturated rings. The minimum Gasteiger partial charge on any atom is -0.310 e. The maximum atomic E-state index is 2.49. The van der Waals surface area contributed by atoms with E-state index in [9.17, 15) is 0 Å². The molecule has 0 saturated heterocycles. The lowest BCUT2D eigenvalue weighted by molar-refractivity contribution is 0.660. The van der Waals surface area contributed by atoms with E-state index >= 15 is 0 Å². The molecule has 0 spiro atoms. The molecule has 9 aromatic carbocycles. The van der Waals surface area contributed by atoms with Crippen LogP contribution in [-0.4, -0.2) is 4.57 Å². The first-order chi connectivity index (χ1) is 29.3. The van der Waals surface area contributed by atoms with Gasteiger partial charge in [0, 0.05) is 44.4 Å². The molecule has 0 radical (unpaired) electrons. The quantitative estimate of drug-likeness (QED) is 0.169. The number of anilines is 3. The number of hydrogen-bond donors (Lipinski definition) is 0. The van der Waals surface area contributed by atoms with Gasteiger partial charge in [0.05, 0.1) is 11.0 Å². The number of fused-ring (bicyclic) bond motifs is 11. The van der Waals surface area contributed by atoms with Crippen LogP contribution in [0.2, 0.25) is 0 Å². The van der Waals surface area contributed by atoms with Crippen molar-refractivity contribution >= 4 is 49.6 Å². The van der Waals surface area contributed by atoms with E-state index in [1.807, 2.05) is 0 Å². The molecule has 60 heavy (non-hydrogen) atoms. The summed E-state index contributed by atoms with van der Waals surface area (Å²) in [5.41, 5.74) is 20.1. The van der Waals surface area contributed by atoms with Gasteiger partial charge in [-0.3, -0.25) is 0 Å². The first-order valence-corrected chi connectivity index (χ1v) is 21.2. The van der Waals surface area contributed by atoms with Gasteiger partial charge in [-0.05, 0) is 133 Å². The van der Waals surface area contributed by atoms with Crippen molar-refractivity contribution in [3.63, 3.8) is 0 Å². The van der Waals surface area contributed by atoms with Crippen molar-refractivity contribution in [1.29, 1.82) is 0 Å². The molecule has 286 valence electrons. The standard InChI is InChI=1S/C58H44N2/c1-57(2)51-25-14-12-23-46(51)56-47-36-49-48-34-42(28-31-54(48)60(40-19-9-6-10-20-40)55(49)33-39(47)26-30-52(56)57)59(41-21-15-18-38(32-41)37-16-7-5-8-17-37)43-27-29-45-44-22-11-13-24-50(44)58(3,4)53(45)35-43/h5-36H,1-4H3. The molecule has 0 unspecified atom stereocenters. The fourth-order valence-corrected chi connectivity index (χ4v) is 10.8. The maximum Gasteiger partial charge on any atom is 0.0547 e. The predicted octanol–water partition coefficient (Wildman–Crippen LogP) is 15.7. The zero-order valence-corrected chi connectivity index (χ0v) is 34.4. The highest BCUT2D eigenvalue weighted by Gasteiger charge is 2.37. The maximum absolute atomic E-state index is 2.49. The summed E-state index contributed by atoms with van der Waals surface area (Å²) in [7, 11) is 0. The Morgan fingerprint density at radius 3 is 1.77 bits per heavy atom. The van der Waals surface area contributed by atoms with E-state index < -0.39 is 0 Å². The molecular formula is C58H44N2. The summed E-state index contributed by atoms with van der Waals surface area (Å²) in [5.74, 6) is 0. The van der Waals surface area contributed by atoms with Crippen LogP contribution in [0.4, 0.5) is 17.1 Å². The molecule has 0 bridgehead atoms. The van der Waals surface area contributed by atoms with E-state index in [0.717, 1.165) is 22.7 Å². The lowest BCUT2D eigenvalue weighted by Gasteiger charge is -2.28. The fourth-order valence-electron chi connectivity index (χ4n) is 10.8. The zero-order chi connectivity index (χ0) is 40.3. The van der Waals surface area contributed by atoms with Gasteiger partial charge >= 0.3 is 0 Å². The molecular weight excluding hydrogens is 725 g/mol. The molecule has 12 rings (SSSR count). The number of hydrogen-bond acceptors (Lipinski definition) is 1. The summed E-state index contributed by atoms with van der Waals surface area (Å²) in [6, 6.07) is 72.3. The normalized spacial score (nSPS) is 14.3. The lowest BCUT2D eigenvalue weighted by Crippen LogP contribution is -2.16. The Bertz CT molecular complexity index is 3370. The molecule has 0 saturated carbocycles. The molecule has 2 aliphatic carbocycles. The van der Waals surface area contributed by atoms with Gasteiger partial charge < -0.3 is 9.47 Å². The summed E-state index contributed by atoms with van der Waals surface area (Å²) in [4.78, 5) is 2.47. The fraction of sp³-hybridized carbons (Fsp3) is 0.103. The van der Waals surface area contributed by atoms with Gasteiger partial charge in [0.1, 0.15) is 0 Å². The highest BCUT2D eigenvalue weighted by molar-refractivity contribution is 6.17. The first-order valence-electron chi connectivity index (χ1n) is 21.2. The number of aromatic nitrogens is 1. The van der Waals surface area contributed by atoms with Crippen molar-refractivity contribution in [1.82, 2.24) is 4.57 Å². The number of rotatable bonds is 5. The third-order valence-corrected chi connectivity index (χ3v) is 13.7. The predicted molar refractivity (Wildman–Crippen MR) is 254 cm³/mol. The average Bonchev–Trinajstić information content (AvgIpc) is 3.82. The SMILES string of the molecule is CC1(C)c2ccccc2-c2ccc(N(c3cccc(-c4ccccc4)c3)c3ccc4c(c3)c3cc5c6c(ccc5cc3n4-c3ccccc3)C(C)(C)c3ccccc3-6)cc21. The van der Waals surface area contributed by atoms with Gasteiger partial charge in [0.15, 0.2) is 0 Å². The molecule has 0 aliphatic heterocycles. The van der Waals surface area contributed by atoms with Crippen LogP contribution in [0.25, 0.3) is 71.6 Å². The number of benzene rings is 9. The van der Waals surface area contributed by atoms with Gasteiger partial charge in [-0.15, -0.1) is 0 Å². The van der Waals surface area contributed by atoms with Crippen LogP contribution < -0.4 is 4.90 Å². The molecule has 2 heteroatoms. The van der Waals surface area contributed by atoms with Gasteiger partial charge in [0.25, 0.3) is 0 Å². The van der Waals surface area contributed by atoms with Crippen LogP contribution in [0.5, 0.6) is 0 Å². The van der Waals surface area contributed by atoms with E-state index in [0.29, 0.717) is 0 Å². The number of para-hydroxylation sites is 1. The van der Waals surface area contributed by atoms with E-state index in [-0.39, 0.29) is 10.8 Å². The van der Waals surface area contributed by atoms with Crippen molar-refractivity contribution in [3.8, 4) is 39.1 Å².